The normalized spacial score (nSPS) is 16.8. The van der Waals surface area contributed by atoms with Crippen molar-refractivity contribution in [2.45, 2.75) is 18.5 Å². The first-order chi connectivity index (χ1) is 18.4. The van der Waals surface area contributed by atoms with E-state index in [-0.39, 0.29) is 30.2 Å². The molecular formula is C28H24BrFN4O3S. The first-order valence-corrected chi connectivity index (χ1v) is 13.1. The maximum Gasteiger partial charge on any atom is 0.226 e. The van der Waals surface area contributed by atoms with E-state index in [4.69, 9.17) is 21.4 Å². The van der Waals surface area contributed by atoms with Crippen molar-refractivity contribution in [1.82, 2.24) is 15.2 Å². The van der Waals surface area contributed by atoms with Crippen LogP contribution in [0.4, 0.5) is 10.1 Å². The monoisotopic (exact) mass is 594 g/mol. The molecule has 0 bridgehead atoms. The number of nitrogens with one attached hydrogen (secondary N) is 2. The van der Waals surface area contributed by atoms with Gasteiger partial charge in [0.1, 0.15) is 29.1 Å². The number of benzene rings is 2. The number of hydrogen-bond acceptors (Lipinski definition) is 5. The number of rotatable bonds is 8. The maximum absolute atomic E-state index is 13.6. The molecule has 1 fully saturated rings. The first-order valence-electron chi connectivity index (χ1n) is 11.9. The zero-order chi connectivity index (χ0) is 26.6. The summed E-state index contributed by atoms with van der Waals surface area (Å²) in [5.74, 6) is 1.29. The molecule has 2 N–H and O–H groups in total. The van der Waals surface area contributed by atoms with Crippen LogP contribution in [0.1, 0.15) is 30.0 Å². The topological polar surface area (TPSA) is 79.6 Å². The molecule has 4 aromatic rings. The minimum Gasteiger partial charge on any atom is -0.495 e. The van der Waals surface area contributed by atoms with Gasteiger partial charge >= 0.3 is 0 Å². The number of amides is 1. The second-order valence-electron chi connectivity index (χ2n) is 8.64. The number of carbonyl (C=O) groups excluding carboxylic acids is 1. The standard InChI is InChI=1S/C28H24BrFN4O3S/c1-36-23-8-3-2-6-20(23)32-25(35)13-15-34-27(26(33-28(34)38)21-7-4-5-14-31-21)24-12-11-22(37-24)18-10-9-17(30)16-19(18)29/h2-12,14,16,26-27H,13,15H2,1H3,(H,32,35)(H,33,38)/t26-,27-/m1/s1. The van der Waals surface area contributed by atoms with E-state index in [2.05, 4.69) is 31.5 Å². The summed E-state index contributed by atoms with van der Waals surface area (Å²) < 4.78 is 25.9. The molecular weight excluding hydrogens is 571 g/mol. The van der Waals surface area contributed by atoms with Gasteiger partial charge in [-0.15, -0.1) is 0 Å². The number of carbonyl (C=O) groups is 1. The summed E-state index contributed by atoms with van der Waals surface area (Å²) in [6, 6.07) is 20.5. The van der Waals surface area contributed by atoms with Crippen molar-refractivity contribution >= 4 is 44.9 Å². The average molecular weight is 595 g/mol. The smallest absolute Gasteiger partial charge is 0.226 e. The molecule has 2 aromatic carbocycles. The van der Waals surface area contributed by atoms with E-state index in [1.165, 1.54) is 12.1 Å². The number of pyridine rings is 1. The number of halogens is 2. The van der Waals surface area contributed by atoms with Gasteiger partial charge in [0.15, 0.2) is 5.11 Å². The number of nitrogens with zero attached hydrogens (tertiary/aromatic N) is 2. The SMILES string of the molecule is COc1ccccc1NC(=O)CCN1C(=S)N[C@H](c2ccccn2)[C@H]1c1ccc(-c2ccc(F)cc2Br)o1. The van der Waals surface area contributed by atoms with Crippen molar-refractivity contribution in [3.63, 3.8) is 0 Å². The summed E-state index contributed by atoms with van der Waals surface area (Å²) in [7, 11) is 1.56. The fraction of sp³-hybridized carbons (Fsp3) is 0.179. The van der Waals surface area contributed by atoms with Gasteiger partial charge in [0.05, 0.1) is 24.5 Å². The molecule has 1 aliphatic rings. The quantitative estimate of drug-likeness (QED) is 0.233. The Morgan fingerprint density at radius 3 is 2.76 bits per heavy atom. The summed E-state index contributed by atoms with van der Waals surface area (Å²) in [4.78, 5) is 19.3. The number of para-hydroxylation sites is 2. The van der Waals surface area contributed by atoms with Gasteiger partial charge in [0.2, 0.25) is 5.91 Å². The third-order valence-corrected chi connectivity index (χ3v) is 7.28. The number of anilines is 1. The van der Waals surface area contributed by atoms with E-state index >= 15 is 0 Å². The average Bonchev–Trinajstić information content (AvgIpc) is 3.52. The predicted molar refractivity (Wildman–Crippen MR) is 150 cm³/mol. The van der Waals surface area contributed by atoms with Crippen LogP contribution in [0.25, 0.3) is 11.3 Å². The van der Waals surface area contributed by atoms with E-state index in [9.17, 15) is 9.18 Å². The highest BCUT2D eigenvalue weighted by atomic mass is 79.9. The highest BCUT2D eigenvalue weighted by Crippen LogP contribution is 2.41. The second-order valence-corrected chi connectivity index (χ2v) is 9.89. The Morgan fingerprint density at radius 2 is 2.00 bits per heavy atom. The number of ether oxygens (including phenoxy) is 1. The first kappa shape index (κ1) is 25.9. The Kier molecular flexibility index (Phi) is 7.71. The van der Waals surface area contributed by atoms with Crippen LogP contribution in [-0.4, -0.2) is 34.6 Å². The summed E-state index contributed by atoms with van der Waals surface area (Å²) in [6.07, 6.45) is 1.91. The molecule has 38 heavy (non-hydrogen) atoms. The van der Waals surface area contributed by atoms with Gasteiger partial charge in [0.25, 0.3) is 0 Å². The molecule has 10 heteroatoms. The second kappa shape index (κ2) is 11.3. The number of thiocarbonyl (C=S) groups is 1. The fourth-order valence-electron chi connectivity index (χ4n) is 4.48. The number of aromatic nitrogens is 1. The molecule has 0 radical (unpaired) electrons. The highest BCUT2D eigenvalue weighted by molar-refractivity contribution is 9.10. The Labute approximate surface area is 233 Å². The van der Waals surface area contributed by atoms with Gasteiger partial charge in [-0.3, -0.25) is 9.78 Å². The molecule has 194 valence electrons. The third-order valence-electron chi connectivity index (χ3n) is 6.27. The molecule has 1 saturated heterocycles. The van der Waals surface area contributed by atoms with Crippen LogP contribution in [0.5, 0.6) is 5.75 Å². The molecule has 7 nitrogen and oxygen atoms in total. The minimum atomic E-state index is -0.357. The molecule has 1 amide bonds. The Bertz CT molecular complexity index is 1470. The van der Waals surface area contributed by atoms with E-state index in [0.717, 1.165) is 11.3 Å². The highest BCUT2D eigenvalue weighted by Gasteiger charge is 2.41. The van der Waals surface area contributed by atoms with E-state index in [1.807, 2.05) is 47.4 Å². The van der Waals surface area contributed by atoms with E-state index in [1.54, 1.807) is 31.5 Å². The van der Waals surface area contributed by atoms with Crippen LogP contribution in [0, 0.1) is 5.82 Å². The Hall–Kier alpha value is -3.76. The molecule has 2 atom stereocenters. The molecule has 2 aromatic heterocycles. The van der Waals surface area contributed by atoms with Crippen molar-refractivity contribution in [3.8, 4) is 17.1 Å². The molecule has 1 aliphatic heterocycles. The summed E-state index contributed by atoms with van der Waals surface area (Å²) in [5.41, 5.74) is 2.12. The van der Waals surface area contributed by atoms with Crippen LogP contribution >= 0.6 is 28.1 Å². The molecule has 0 unspecified atom stereocenters. The summed E-state index contributed by atoms with van der Waals surface area (Å²) in [6.45, 7) is 0.344. The molecule has 3 heterocycles. The molecule has 0 aliphatic carbocycles. The van der Waals surface area contributed by atoms with Crippen LogP contribution in [0.2, 0.25) is 0 Å². The van der Waals surface area contributed by atoms with E-state index < -0.39 is 0 Å². The van der Waals surface area contributed by atoms with Crippen LogP contribution in [0.15, 0.2) is 87.9 Å². The number of hydrogen-bond donors (Lipinski definition) is 2. The lowest BCUT2D eigenvalue weighted by Gasteiger charge is -2.26. The Balaban J connectivity index is 1.41. The molecule has 0 saturated carbocycles. The van der Waals surface area contributed by atoms with E-state index in [0.29, 0.717) is 39.1 Å². The van der Waals surface area contributed by atoms with Crippen molar-refractivity contribution in [2.75, 3.05) is 19.0 Å². The van der Waals surface area contributed by atoms with Crippen molar-refractivity contribution in [1.29, 1.82) is 0 Å². The third kappa shape index (κ3) is 5.41. The Morgan fingerprint density at radius 1 is 1.18 bits per heavy atom. The van der Waals surface area contributed by atoms with Gasteiger partial charge in [-0.2, -0.15) is 0 Å². The minimum absolute atomic E-state index is 0.173. The van der Waals surface area contributed by atoms with Crippen molar-refractivity contribution < 1.29 is 18.3 Å². The predicted octanol–water partition coefficient (Wildman–Crippen LogP) is 6.25. The number of furan rings is 1. The summed E-state index contributed by atoms with van der Waals surface area (Å²) in [5, 5.41) is 6.76. The lowest BCUT2D eigenvalue weighted by molar-refractivity contribution is -0.116. The number of methoxy groups -OCH3 is 1. The van der Waals surface area contributed by atoms with Crippen molar-refractivity contribution in [2.24, 2.45) is 0 Å². The zero-order valence-corrected chi connectivity index (χ0v) is 22.8. The summed E-state index contributed by atoms with van der Waals surface area (Å²) >= 11 is 9.11. The van der Waals surface area contributed by atoms with Crippen molar-refractivity contribution in [3.05, 3.63) is 101 Å². The maximum atomic E-state index is 13.6. The molecule has 5 rings (SSSR count). The van der Waals surface area contributed by atoms with Gasteiger partial charge in [-0.05, 0) is 82.7 Å². The van der Waals surface area contributed by atoms with Gasteiger partial charge in [-0.1, -0.05) is 18.2 Å². The van der Waals surface area contributed by atoms with Gasteiger partial charge in [-0.25, -0.2) is 4.39 Å². The van der Waals surface area contributed by atoms with Gasteiger partial charge in [0, 0.05) is 29.2 Å². The van der Waals surface area contributed by atoms with Crippen LogP contribution in [-0.2, 0) is 4.79 Å². The lowest BCUT2D eigenvalue weighted by Crippen LogP contribution is -2.32. The van der Waals surface area contributed by atoms with Gasteiger partial charge < -0.3 is 24.7 Å². The molecule has 0 spiro atoms. The zero-order valence-electron chi connectivity index (χ0n) is 20.4. The van der Waals surface area contributed by atoms with Crippen LogP contribution in [0.3, 0.4) is 0 Å². The van der Waals surface area contributed by atoms with Crippen LogP contribution < -0.4 is 15.4 Å². The lowest BCUT2D eigenvalue weighted by atomic mass is 10.0. The largest absolute Gasteiger partial charge is 0.495 e. The fourth-order valence-corrected chi connectivity index (χ4v) is 5.36.